The highest BCUT2D eigenvalue weighted by Crippen LogP contribution is 2.26. The van der Waals surface area contributed by atoms with Gasteiger partial charge in [0.05, 0.1) is 42.1 Å². The number of anilines is 1. The molecule has 4 heterocycles. The van der Waals surface area contributed by atoms with Crippen LogP contribution in [0.4, 0.5) is 14.6 Å². The Labute approximate surface area is 238 Å². The summed E-state index contributed by atoms with van der Waals surface area (Å²) >= 11 is 0. The minimum absolute atomic E-state index is 0.0382. The van der Waals surface area contributed by atoms with E-state index in [9.17, 15) is 23.2 Å². The molecular weight excluding hydrogens is 552 g/mol. The Kier molecular flexibility index (Phi) is 7.76. The number of amides is 2. The van der Waals surface area contributed by atoms with Crippen LogP contribution in [-0.4, -0.2) is 82.5 Å². The summed E-state index contributed by atoms with van der Waals surface area (Å²) in [4.78, 5) is 54.5. The van der Waals surface area contributed by atoms with Gasteiger partial charge in [0.1, 0.15) is 11.5 Å². The molecule has 1 aliphatic heterocycles. The molecule has 0 aliphatic carbocycles. The van der Waals surface area contributed by atoms with Crippen molar-refractivity contribution in [3.8, 4) is 17.3 Å². The first kappa shape index (κ1) is 28.5. The summed E-state index contributed by atoms with van der Waals surface area (Å²) in [6.45, 7) is 6.64. The normalized spacial score (nSPS) is 15.7. The third kappa shape index (κ3) is 6.00. The van der Waals surface area contributed by atoms with E-state index >= 15 is 0 Å². The molecule has 13 nitrogen and oxygen atoms in total. The van der Waals surface area contributed by atoms with E-state index in [1.165, 1.54) is 35.6 Å². The number of piperazine rings is 1. The number of carbonyl (C=O) groups is 2. The predicted octanol–water partition coefficient (Wildman–Crippen LogP) is 2.38. The highest BCUT2D eigenvalue weighted by molar-refractivity contribution is 5.94. The Balaban J connectivity index is 1.20. The lowest BCUT2D eigenvalue weighted by Crippen LogP contribution is -2.63. The van der Waals surface area contributed by atoms with Gasteiger partial charge < -0.3 is 15.0 Å². The summed E-state index contributed by atoms with van der Waals surface area (Å²) in [7, 11) is 0. The van der Waals surface area contributed by atoms with Crippen LogP contribution >= 0.6 is 0 Å². The third-order valence-corrected chi connectivity index (χ3v) is 6.88. The second-order valence-corrected chi connectivity index (χ2v) is 10.3. The highest BCUT2D eigenvalue weighted by atomic mass is 19.1. The molecule has 0 saturated carbocycles. The van der Waals surface area contributed by atoms with E-state index in [4.69, 9.17) is 4.74 Å². The molecule has 1 saturated heterocycles. The minimum Gasteiger partial charge on any atom is -0.434 e. The van der Waals surface area contributed by atoms with Gasteiger partial charge in [-0.25, -0.2) is 23.7 Å². The van der Waals surface area contributed by atoms with Gasteiger partial charge in [0.2, 0.25) is 11.8 Å². The van der Waals surface area contributed by atoms with E-state index in [2.05, 4.69) is 30.5 Å². The van der Waals surface area contributed by atoms with Gasteiger partial charge in [-0.1, -0.05) is 0 Å². The molecule has 0 spiro atoms. The Hall–Kier alpha value is -5.05. The zero-order valence-electron chi connectivity index (χ0n) is 22.9. The van der Waals surface area contributed by atoms with Crippen LogP contribution in [0.1, 0.15) is 31.3 Å². The second-order valence-electron chi connectivity index (χ2n) is 10.3. The minimum atomic E-state index is -0.887. The molecule has 1 aliphatic rings. The van der Waals surface area contributed by atoms with Crippen LogP contribution in [0.3, 0.4) is 0 Å². The Morgan fingerprint density at radius 1 is 1.10 bits per heavy atom. The molecule has 2 amide bonds. The van der Waals surface area contributed by atoms with E-state index in [1.807, 2.05) is 18.7 Å². The van der Waals surface area contributed by atoms with Crippen LogP contribution in [0.25, 0.3) is 5.69 Å². The third-order valence-electron chi connectivity index (χ3n) is 6.88. The number of benzene rings is 1. The van der Waals surface area contributed by atoms with Crippen LogP contribution in [-0.2, 0) is 4.79 Å². The zero-order valence-corrected chi connectivity index (χ0v) is 22.9. The van der Waals surface area contributed by atoms with Crippen molar-refractivity contribution < 1.29 is 23.1 Å². The first-order valence-corrected chi connectivity index (χ1v) is 12.9. The number of hydrogen-bond acceptors (Lipinski definition) is 9. The van der Waals surface area contributed by atoms with Gasteiger partial charge in [0.25, 0.3) is 11.5 Å². The first-order chi connectivity index (χ1) is 20.0. The summed E-state index contributed by atoms with van der Waals surface area (Å²) in [5, 5.41) is 9.17. The lowest BCUT2D eigenvalue weighted by molar-refractivity contribution is -0.122. The average molecular weight is 580 g/mol. The van der Waals surface area contributed by atoms with Gasteiger partial charge in [0, 0.05) is 38.1 Å². The molecule has 1 aromatic carbocycles. The summed E-state index contributed by atoms with van der Waals surface area (Å²) in [5.74, 6) is -2.40. The molecule has 5 rings (SSSR count). The van der Waals surface area contributed by atoms with Gasteiger partial charge in [-0.2, -0.15) is 5.10 Å². The van der Waals surface area contributed by atoms with Crippen LogP contribution < -0.4 is 15.6 Å². The number of aromatic amines is 1. The lowest BCUT2D eigenvalue weighted by atomic mass is 9.97. The van der Waals surface area contributed by atoms with Crippen LogP contribution in [0.15, 0.2) is 60.2 Å². The number of hydrogen-bond donors (Lipinski definition) is 2. The second kappa shape index (κ2) is 11.4. The standard InChI is InChI=1S/C27H27F2N9O4/c1-16(25(40)35-22-11-32-23(12-31-22)42-21-5-4-17(28)8-19(21)29)36-6-7-38(27(2,3)15-36)26(41)20-14-37(24(39)13-30-20)18-9-33-34-10-18/h4-5,8-14,16H,6-7,15H2,1-3H3,(H,33,34)(H,31,35,40)/t16-/m0/s1. The quantitative estimate of drug-likeness (QED) is 0.336. The van der Waals surface area contributed by atoms with E-state index < -0.39 is 28.8 Å². The van der Waals surface area contributed by atoms with E-state index in [-0.39, 0.29) is 35.0 Å². The molecule has 4 aromatic rings. The molecule has 0 unspecified atom stereocenters. The topological polar surface area (TPSA) is 151 Å². The van der Waals surface area contributed by atoms with E-state index in [0.717, 1.165) is 18.3 Å². The van der Waals surface area contributed by atoms with Crippen LogP contribution in [0, 0.1) is 11.6 Å². The van der Waals surface area contributed by atoms with Crippen LogP contribution in [0.5, 0.6) is 11.6 Å². The number of rotatable bonds is 7. The van der Waals surface area contributed by atoms with Crippen molar-refractivity contribution in [2.75, 3.05) is 25.0 Å². The molecular formula is C27H27F2N9O4. The van der Waals surface area contributed by atoms with Crippen molar-refractivity contribution in [1.82, 2.24) is 39.5 Å². The van der Waals surface area contributed by atoms with Crippen molar-refractivity contribution in [1.29, 1.82) is 0 Å². The predicted molar refractivity (Wildman–Crippen MR) is 145 cm³/mol. The Morgan fingerprint density at radius 3 is 2.57 bits per heavy atom. The number of aromatic nitrogens is 6. The van der Waals surface area contributed by atoms with E-state index in [0.29, 0.717) is 31.4 Å². The molecule has 15 heteroatoms. The van der Waals surface area contributed by atoms with Crippen molar-refractivity contribution >= 4 is 17.6 Å². The fourth-order valence-corrected chi connectivity index (χ4v) is 4.63. The largest absolute Gasteiger partial charge is 0.434 e. The molecule has 42 heavy (non-hydrogen) atoms. The summed E-state index contributed by atoms with van der Waals surface area (Å²) < 4.78 is 33.5. The smallest absolute Gasteiger partial charge is 0.274 e. The average Bonchev–Trinajstić information content (AvgIpc) is 3.49. The molecule has 2 N–H and O–H groups in total. The molecule has 0 radical (unpaired) electrons. The molecule has 1 atom stereocenters. The van der Waals surface area contributed by atoms with Gasteiger partial charge in [-0.15, -0.1) is 0 Å². The number of H-pyrrole nitrogens is 1. The maximum Gasteiger partial charge on any atom is 0.274 e. The Bertz CT molecular complexity index is 1660. The number of nitrogens with one attached hydrogen (secondary N) is 2. The number of ether oxygens (including phenoxy) is 1. The molecule has 3 aromatic heterocycles. The zero-order chi connectivity index (χ0) is 30.0. The Morgan fingerprint density at radius 2 is 1.90 bits per heavy atom. The number of carbonyl (C=O) groups excluding carboxylic acids is 2. The fraction of sp³-hybridized carbons (Fsp3) is 0.296. The molecule has 1 fully saturated rings. The summed E-state index contributed by atoms with van der Waals surface area (Å²) in [6, 6.07) is 2.30. The van der Waals surface area contributed by atoms with Gasteiger partial charge in [-0.05, 0) is 32.9 Å². The molecule has 218 valence electrons. The first-order valence-electron chi connectivity index (χ1n) is 12.9. The van der Waals surface area contributed by atoms with Crippen molar-refractivity contribution in [2.45, 2.75) is 32.4 Å². The maximum atomic E-state index is 13.8. The lowest BCUT2D eigenvalue weighted by Gasteiger charge is -2.48. The highest BCUT2D eigenvalue weighted by Gasteiger charge is 2.40. The maximum absolute atomic E-state index is 13.8. The fourth-order valence-electron chi connectivity index (χ4n) is 4.63. The monoisotopic (exact) mass is 579 g/mol. The number of halogens is 2. The van der Waals surface area contributed by atoms with E-state index in [1.54, 1.807) is 11.8 Å². The van der Waals surface area contributed by atoms with Gasteiger partial charge in [0.15, 0.2) is 17.4 Å². The van der Waals surface area contributed by atoms with Gasteiger partial charge in [-0.3, -0.25) is 28.9 Å². The van der Waals surface area contributed by atoms with Gasteiger partial charge >= 0.3 is 0 Å². The summed E-state index contributed by atoms with van der Waals surface area (Å²) in [6.07, 6.45) is 7.96. The van der Waals surface area contributed by atoms with Crippen LogP contribution in [0.2, 0.25) is 0 Å². The summed E-state index contributed by atoms with van der Waals surface area (Å²) in [5.41, 5.74) is -0.480. The SMILES string of the molecule is C[C@@H](C(=O)Nc1cnc(Oc2ccc(F)cc2F)cn1)N1CCN(C(=O)c2cn(-c3cn[nH]c3)c(=O)cn2)C(C)(C)C1. The van der Waals surface area contributed by atoms with Crippen molar-refractivity contribution in [2.24, 2.45) is 0 Å². The van der Waals surface area contributed by atoms with Crippen molar-refractivity contribution in [3.63, 3.8) is 0 Å². The molecule has 0 bridgehead atoms. The van der Waals surface area contributed by atoms with Crippen molar-refractivity contribution in [3.05, 3.63) is 83.1 Å². The number of nitrogens with zero attached hydrogens (tertiary/aromatic N) is 7.